The van der Waals surface area contributed by atoms with Crippen LogP contribution in [0, 0.1) is 5.41 Å². The van der Waals surface area contributed by atoms with Gasteiger partial charge in [-0.1, -0.05) is 0 Å². The zero-order valence-corrected chi connectivity index (χ0v) is 10.2. The normalized spacial score (nSPS) is 22.9. The van der Waals surface area contributed by atoms with Crippen molar-refractivity contribution >= 4 is 22.0 Å². The minimum absolute atomic E-state index is 0.251. The highest BCUT2D eigenvalue weighted by atomic mass is 79.9. The number of rotatable bonds is 1. The summed E-state index contributed by atoms with van der Waals surface area (Å²) >= 11 is 3.37. The van der Waals surface area contributed by atoms with Crippen molar-refractivity contribution in [2.45, 2.75) is 18.9 Å². The van der Waals surface area contributed by atoms with E-state index in [1.54, 1.807) is 6.20 Å². The number of hydrogen-bond acceptors (Lipinski definition) is 2. The molecule has 5 nitrogen and oxygen atoms in total. The van der Waals surface area contributed by atoms with Crippen molar-refractivity contribution in [1.29, 1.82) is 0 Å². The van der Waals surface area contributed by atoms with Crippen LogP contribution in [0.2, 0.25) is 0 Å². The molecule has 3 rings (SSSR count). The summed E-state index contributed by atoms with van der Waals surface area (Å²) in [5.74, 6) is 0. The molecule has 1 aliphatic carbocycles. The van der Waals surface area contributed by atoms with Gasteiger partial charge >= 0.3 is 6.09 Å². The second kappa shape index (κ2) is 3.23. The zero-order chi connectivity index (χ0) is 11.3. The van der Waals surface area contributed by atoms with E-state index in [2.05, 4.69) is 21.0 Å². The summed E-state index contributed by atoms with van der Waals surface area (Å²) in [6, 6.07) is 0.447. The third kappa shape index (κ3) is 1.43. The van der Waals surface area contributed by atoms with E-state index in [1.165, 1.54) is 4.90 Å². The molecule has 6 heteroatoms. The molecule has 2 fully saturated rings. The summed E-state index contributed by atoms with van der Waals surface area (Å²) in [5, 5.41) is 13.0. The fraction of sp³-hybridized carbons (Fsp3) is 0.600. The zero-order valence-electron chi connectivity index (χ0n) is 8.64. The van der Waals surface area contributed by atoms with Crippen molar-refractivity contribution in [2.75, 3.05) is 13.1 Å². The van der Waals surface area contributed by atoms with Gasteiger partial charge in [-0.05, 0) is 28.8 Å². The van der Waals surface area contributed by atoms with E-state index in [0.29, 0.717) is 19.1 Å². The van der Waals surface area contributed by atoms with Crippen molar-refractivity contribution in [3.8, 4) is 0 Å². The van der Waals surface area contributed by atoms with E-state index < -0.39 is 6.09 Å². The van der Waals surface area contributed by atoms with Gasteiger partial charge in [-0.2, -0.15) is 5.10 Å². The standard InChI is InChI=1S/C10H12BrN3O2/c11-7-3-12-14(4-7)8-1-10(2-8)5-13(6-10)9(15)16/h3-4,8H,1-2,5-6H2,(H,15,16). The molecule has 0 bridgehead atoms. The van der Waals surface area contributed by atoms with Gasteiger partial charge in [0.25, 0.3) is 0 Å². The van der Waals surface area contributed by atoms with Gasteiger partial charge in [-0.25, -0.2) is 4.79 Å². The molecule has 2 heterocycles. The van der Waals surface area contributed by atoms with Crippen LogP contribution in [0.5, 0.6) is 0 Å². The Labute approximate surface area is 101 Å². The fourth-order valence-corrected chi connectivity index (χ4v) is 3.10. The molecular formula is C10H12BrN3O2. The van der Waals surface area contributed by atoms with Gasteiger partial charge in [-0.3, -0.25) is 4.68 Å². The van der Waals surface area contributed by atoms with E-state index >= 15 is 0 Å². The Hall–Kier alpha value is -1.04. The lowest BCUT2D eigenvalue weighted by molar-refractivity contribution is -0.0771. The van der Waals surface area contributed by atoms with Crippen molar-refractivity contribution < 1.29 is 9.90 Å². The van der Waals surface area contributed by atoms with Crippen molar-refractivity contribution in [2.24, 2.45) is 5.41 Å². The average Bonchev–Trinajstić information content (AvgIpc) is 2.46. The lowest BCUT2D eigenvalue weighted by Crippen LogP contribution is -2.63. The molecule has 0 radical (unpaired) electrons. The molecule has 0 aromatic carbocycles. The van der Waals surface area contributed by atoms with Crippen LogP contribution in [-0.2, 0) is 0 Å². The van der Waals surface area contributed by atoms with Gasteiger partial charge in [0.1, 0.15) is 0 Å². The van der Waals surface area contributed by atoms with E-state index in [4.69, 9.17) is 5.11 Å². The number of halogens is 1. The first-order valence-electron chi connectivity index (χ1n) is 5.26. The van der Waals surface area contributed by atoms with Gasteiger partial charge in [0.15, 0.2) is 0 Å². The van der Waals surface area contributed by atoms with Gasteiger partial charge < -0.3 is 10.0 Å². The number of hydrogen-bond donors (Lipinski definition) is 1. The van der Waals surface area contributed by atoms with Gasteiger partial charge in [0, 0.05) is 24.7 Å². The average molecular weight is 286 g/mol. The summed E-state index contributed by atoms with van der Waals surface area (Å²) < 4.78 is 2.97. The Balaban J connectivity index is 1.58. The minimum atomic E-state index is -0.795. The number of aromatic nitrogens is 2. The fourth-order valence-electron chi connectivity index (χ4n) is 2.80. The Morgan fingerprint density at radius 3 is 2.75 bits per heavy atom. The van der Waals surface area contributed by atoms with Crippen LogP contribution in [0.3, 0.4) is 0 Å². The Morgan fingerprint density at radius 2 is 2.25 bits per heavy atom. The largest absolute Gasteiger partial charge is 0.465 e. The summed E-state index contributed by atoms with van der Waals surface area (Å²) in [6.07, 6.45) is 5.06. The Kier molecular flexibility index (Phi) is 2.04. The van der Waals surface area contributed by atoms with Crippen LogP contribution < -0.4 is 0 Å². The maximum atomic E-state index is 10.7. The van der Waals surface area contributed by atoms with Crippen LogP contribution in [-0.4, -0.2) is 39.0 Å². The molecule has 1 amide bonds. The molecule has 86 valence electrons. The van der Waals surface area contributed by atoms with E-state index in [-0.39, 0.29) is 5.41 Å². The molecule has 1 aromatic rings. The maximum Gasteiger partial charge on any atom is 0.407 e. The van der Waals surface area contributed by atoms with Gasteiger partial charge in [-0.15, -0.1) is 0 Å². The minimum Gasteiger partial charge on any atom is -0.465 e. The maximum absolute atomic E-state index is 10.7. The Bertz CT molecular complexity index is 431. The third-order valence-electron chi connectivity index (χ3n) is 3.60. The lowest BCUT2D eigenvalue weighted by Gasteiger charge is -2.57. The highest BCUT2D eigenvalue weighted by molar-refractivity contribution is 9.10. The van der Waals surface area contributed by atoms with Gasteiger partial charge in [0.2, 0.25) is 0 Å². The molecule has 1 saturated carbocycles. The first-order chi connectivity index (χ1) is 7.58. The van der Waals surface area contributed by atoms with Gasteiger partial charge in [0.05, 0.1) is 16.7 Å². The van der Waals surface area contributed by atoms with Crippen LogP contribution in [0.25, 0.3) is 0 Å². The highest BCUT2D eigenvalue weighted by Gasteiger charge is 2.54. The van der Waals surface area contributed by atoms with E-state index in [0.717, 1.165) is 17.3 Å². The second-order valence-corrected chi connectivity index (χ2v) is 5.75. The van der Waals surface area contributed by atoms with Crippen LogP contribution in [0.15, 0.2) is 16.9 Å². The third-order valence-corrected chi connectivity index (χ3v) is 4.01. The molecule has 1 N–H and O–H groups in total. The Morgan fingerprint density at radius 1 is 1.56 bits per heavy atom. The molecule has 1 aliphatic heterocycles. The molecule has 1 aromatic heterocycles. The van der Waals surface area contributed by atoms with Crippen LogP contribution in [0.1, 0.15) is 18.9 Å². The first-order valence-corrected chi connectivity index (χ1v) is 6.05. The predicted molar refractivity (Wildman–Crippen MR) is 60.2 cm³/mol. The first kappa shape index (κ1) is 10.1. The summed E-state index contributed by atoms with van der Waals surface area (Å²) in [4.78, 5) is 12.1. The topological polar surface area (TPSA) is 58.4 Å². The number of likely N-dealkylation sites (tertiary alicyclic amines) is 1. The molecule has 1 spiro atoms. The molecule has 1 saturated heterocycles. The molecule has 0 atom stereocenters. The SMILES string of the molecule is O=C(O)N1CC2(CC(n3cc(Br)cn3)C2)C1. The second-order valence-electron chi connectivity index (χ2n) is 4.84. The number of carboxylic acid groups (broad SMARTS) is 1. The monoisotopic (exact) mass is 285 g/mol. The lowest BCUT2D eigenvalue weighted by atomic mass is 9.61. The van der Waals surface area contributed by atoms with Crippen molar-refractivity contribution in [3.63, 3.8) is 0 Å². The van der Waals surface area contributed by atoms with Crippen LogP contribution in [0.4, 0.5) is 4.79 Å². The summed E-state index contributed by atoms with van der Waals surface area (Å²) in [5.41, 5.74) is 0.251. The summed E-state index contributed by atoms with van der Waals surface area (Å²) in [6.45, 7) is 1.39. The molecular weight excluding hydrogens is 274 g/mol. The molecule has 16 heavy (non-hydrogen) atoms. The van der Waals surface area contributed by atoms with Crippen molar-refractivity contribution in [3.05, 3.63) is 16.9 Å². The van der Waals surface area contributed by atoms with E-state index in [9.17, 15) is 4.79 Å². The predicted octanol–water partition coefficient (Wildman–Crippen LogP) is 1.96. The molecule has 0 unspecified atom stereocenters. The molecule has 2 aliphatic rings. The summed E-state index contributed by atoms with van der Waals surface area (Å²) in [7, 11) is 0. The quantitative estimate of drug-likeness (QED) is 0.858. The highest BCUT2D eigenvalue weighted by Crippen LogP contribution is 2.53. The van der Waals surface area contributed by atoms with Crippen molar-refractivity contribution in [1.82, 2.24) is 14.7 Å². The smallest absolute Gasteiger partial charge is 0.407 e. The number of carbonyl (C=O) groups is 1. The number of amides is 1. The number of nitrogens with zero attached hydrogens (tertiary/aromatic N) is 3. The van der Waals surface area contributed by atoms with E-state index in [1.807, 2.05) is 10.9 Å². The van der Waals surface area contributed by atoms with Crippen LogP contribution >= 0.6 is 15.9 Å².